The molecule has 0 saturated heterocycles. The summed E-state index contributed by atoms with van der Waals surface area (Å²) in [6, 6.07) is 6.40. The number of aliphatic hydroxyl groups is 1. The van der Waals surface area contributed by atoms with Gasteiger partial charge in [-0.3, -0.25) is 9.59 Å². The van der Waals surface area contributed by atoms with Gasteiger partial charge in [-0.15, -0.1) is 0 Å². The maximum Gasteiger partial charge on any atom is 0.273 e. The van der Waals surface area contributed by atoms with Gasteiger partial charge >= 0.3 is 0 Å². The fourth-order valence-electron chi connectivity index (χ4n) is 2.16. The van der Waals surface area contributed by atoms with Gasteiger partial charge in [0.2, 0.25) is 0 Å². The van der Waals surface area contributed by atoms with Gasteiger partial charge in [-0.2, -0.15) is 0 Å². The summed E-state index contributed by atoms with van der Waals surface area (Å²) < 4.78 is 6.50. The van der Waals surface area contributed by atoms with Crippen molar-refractivity contribution < 1.29 is 14.4 Å². The average molecular weight is 303 g/mol. The highest BCUT2D eigenvalue weighted by Crippen LogP contribution is 2.40. The largest absolute Gasteiger partial charge is 0.389 e. The lowest BCUT2D eigenvalue weighted by Crippen LogP contribution is -2.36. The lowest BCUT2D eigenvalue weighted by Gasteiger charge is -2.12. The SMILES string of the molecule is O=C(NCC(O)Cn1ccccc1=O)c1cc(C2CC2)on1. The second kappa shape index (κ2) is 6.15. The van der Waals surface area contributed by atoms with Crippen molar-refractivity contribution in [1.82, 2.24) is 15.0 Å². The van der Waals surface area contributed by atoms with Gasteiger partial charge in [0, 0.05) is 30.8 Å². The first-order chi connectivity index (χ1) is 10.6. The molecule has 1 atom stereocenters. The minimum absolute atomic E-state index is 0.0335. The quantitative estimate of drug-likeness (QED) is 0.810. The smallest absolute Gasteiger partial charge is 0.273 e. The molecule has 3 rings (SSSR count). The van der Waals surface area contributed by atoms with Crippen LogP contribution < -0.4 is 10.9 Å². The molecule has 7 nitrogen and oxygen atoms in total. The molecule has 2 aromatic heterocycles. The molecule has 116 valence electrons. The van der Waals surface area contributed by atoms with E-state index >= 15 is 0 Å². The normalized spacial score (nSPS) is 15.5. The molecule has 2 heterocycles. The number of aliphatic hydroxyl groups excluding tert-OH is 1. The number of aromatic nitrogens is 2. The molecule has 2 aromatic rings. The van der Waals surface area contributed by atoms with Gasteiger partial charge in [0.15, 0.2) is 5.69 Å². The van der Waals surface area contributed by atoms with Crippen LogP contribution in [0.25, 0.3) is 0 Å². The van der Waals surface area contributed by atoms with Crippen LogP contribution in [-0.4, -0.2) is 33.4 Å². The highest BCUT2D eigenvalue weighted by molar-refractivity contribution is 5.92. The zero-order valence-electron chi connectivity index (χ0n) is 11.9. The summed E-state index contributed by atoms with van der Waals surface area (Å²) >= 11 is 0. The van der Waals surface area contributed by atoms with E-state index in [1.54, 1.807) is 24.4 Å². The number of hydrogen-bond donors (Lipinski definition) is 2. The van der Waals surface area contributed by atoms with Crippen LogP contribution in [0.3, 0.4) is 0 Å². The van der Waals surface area contributed by atoms with E-state index in [-0.39, 0.29) is 24.3 Å². The molecular formula is C15H17N3O4. The Bertz CT molecular complexity index is 717. The van der Waals surface area contributed by atoms with Crippen LogP contribution in [0.4, 0.5) is 0 Å². The summed E-state index contributed by atoms with van der Waals surface area (Å²) in [6.07, 6.45) is 2.87. The third-order valence-electron chi connectivity index (χ3n) is 3.55. The highest BCUT2D eigenvalue weighted by atomic mass is 16.5. The Hall–Kier alpha value is -2.41. The molecule has 0 aromatic carbocycles. The minimum atomic E-state index is -0.862. The number of rotatable bonds is 6. The minimum Gasteiger partial charge on any atom is -0.389 e. The fraction of sp³-hybridized carbons (Fsp3) is 0.400. The molecule has 0 radical (unpaired) electrons. The first kappa shape index (κ1) is 14.5. The Morgan fingerprint density at radius 1 is 1.50 bits per heavy atom. The van der Waals surface area contributed by atoms with Crippen LogP contribution in [0.2, 0.25) is 0 Å². The number of hydrogen-bond acceptors (Lipinski definition) is 5. The van der Waals surface area contributed by atoms with Crippen molar-refractivity contribution in [2.75, 3.05) is 6.54 Å². The predicted octanol–water partition coefficient (Wildman–Crippen LogP) is 0.505. The van der Waals surface area contributed by atoms with Crippen LogP contribution in [0, 0.1) is 0 Å². The summed E-state index contributed by atoms with van der Waals surface area (Å²) in [7, 11) is 0. The first-order valence-corrected chi connectivity index (χ1v) is 7.22. The zero-order valence-corrected chi connectivity index (χ0v) is 11.9. The monoisotopic (exact) mass is 303 g/mol. The van der Waals surface area contributed by atoms with Crippen LogP contribution in [0.1, 0.15) is 35.0 Å². The van der Waals surface area contributed by atoms with Crippen molar-refractivity contribution in [1.29, 1.82) is 0 Å². The molecule has 0 aliphatic heterocycles. The van der Waals surface area contributed by atoms with E-state index in [1.165, 1.54) is 10.6 Å². The summed E-state index contributed by atoms with van der Waals surface area (Å²) in [5, 5.41) is 16.2. The number of nitrogens with one attached hydrogen (secondary N) is 1. The second-order valence-electron chi connectivity index (χ2n) is 5.44. The van der Waals surface area contributed by atoms with Crippen molar-refractivity contribution in [2.24, 2.45) is 0 Å². The number of carbonyl (C=O) groups is 1. The molecule has 1 unspecified atom stereocenters. The van der Waals surface area contributed by atoms with Gasteiger partial charge in [0.25, 0.3) is 11.5 Å². The fourth-order valence-corrected chi connectivity index (χ4v) is 2.16. The average Bonchev–Trinajstić information content (AvgIpc) is 3.24. The summed E-state index contributed by atoms with van der Waals surface area (Å²) in [6.45, 7) is 0.151. The van der Waals surface area contributed by atoms with E-state index in [2.05, 4.69) is 10.5 Å². The molecule has 7 heteroatoms. The predicted molar refractivity (Wildman–Crippen MR) is 77.5 cm³/mol. The second-order valence-corrected chi connectivity index (χ2v) is 5.44. The van der Waals surface area contributed by atoms with Gasteiger partial charge in [0.05, 0.1) is 12.6 Å². The molecule has 1 fully saturated rings. The van der Waals surface area contributed by atoms with Crippen molar-refractivity contribution in [3.05, 3.63) is 52.3 Å². The molecule has 0 bridgehead atoms. The van der Waals surface area contributed by atoms with E-state index in [9.17, 15) is 14.7 Å². The summed E-state index contributed by atoms with van der Waals surface area (Å²) in [5.41, 5.74) is 0.0180. The number of pyridine rings is 1. The Morgan fingerprint density at radius 3 is 3.05 bits per heavy atom. The molecule has 22 heavy (non-hydrogen) atoms. The third kappa shape index (κ3) is 3.43. The van der Waals surface area contributed by atoms with Crippen molar-refractivity contribution in [3.63, 3.8) is 0 Å². The Morgan fingerprint density at radius 2 is 2.32 bits per heavy atom. The van der Waals surface area contributed by atoms with Crippen LogP contribution in [-0.2, 0) is 6.54 Å². The molecule has 1 saturated carbocycles. The molecule has 2 N–H and O–H groups in total. The Kier molecular flexibility index (Phi) is 4.06. The van der Waals surface area contributed by atoms with Gasteiger partial charge in [-0.05, 0) is 18.9 Å². The topological polar surface area (TPSA) is 97.4 Å². The molecule has 1 aliphatic carbocycles. The Balaban J connectivity index is 1.51. The van der Waals surface area contributed by atoms with Crippen LogP contribution >= 0.6 is 0 Å². The first-order valence-electron chi connectivity index (χ1n) is 7.22. The lowest BCUT2D eigenvalue weighted by molar-refractivity contribution is 0.0894. The summed E-state index contributed by atoms with van der Waals surface area (Å²) in [5.74, 6) is 0.737. The summed E-state index contributed by atoms with van der Waals surface area (Å²) in [4.78, 5) is 23.4. The van der Waals surface area contributed by atoms with Crippen LogP contribution in [0.5, 0.6) is 0 Å². The molecule has 1 amide bonds. The Labute approximate surface area is 126 Å². The van der Waals surface area contributed by atoms with E-state index < -0.39 is 12.0 Å². The lowest BCUT2D eigenvalue weighted by atomic mass is 10.2. The molecule has 0 spiro atoms. The zero-order chi connectivity index (χ0) is 15.5. The highest BCUT2D eigenvalue weighted by Gasteiger charge is 2.28. The van der Waals surface area contributed by atoms with Gasteiger partial charge < -0.3 is 19.5 Å². The molecular weight excluding hydrogens is 286 g/mol. The van der Waals surface area contributed by atoms with E-state index in [0.717, 1.165) is 18.6 Å². The number of nitrogens with zero attached hydrogens (tertiary/aromatic N) is 2. The van der Waals surface area contributed by atoms with Gasteiger partial charge in [-0.1, -0.05) is 11.2 Å². The van der Waals surface area contributed by atoms with Crippen molar-refractivity contribution in [2.45, 2.75) is 31.4 Å². The molecule has 1 aliphatic rings. The van der Waals surface area contributed by atoms with Crippen molar-refractivity contribution >= 4 is 5.91 Å². The number of carbonyl (C=O) groups excluding carboxylic acids is 1. The number of amides is 1. The van der Waals surface area contributed by atoms with Crippen LogP contribution in [0.15, 0.2) is 39.8 Å². The third-order valence-corrected chi connectivity index (χ3v) is 3.55. The van der Waals surface area contributed by atoms with E-state index in [4.69, 9.17) is 4.52 Å². The van der Waals surface area contributed by atoms with Gasteiger partial charge in [-0.25, -0.2) is 0 Å². The standard InChI is InChI=1S/C15H17N3O4/c19-11(9-18-6-2-1-3-14(18)20)8-16-15(21)12-7-13(22-17-12)10-4-5-10/h1-3,6-7,10-11,19H,4-5,8-9H2,(H,16,21). The maximum absolute atomic E-state index is 11.9. The van der Waals surface area contributed by atoms with E-state index in [0.29, 0.717) is 5.92 Å². The van der Waals surface area contributed by atoms with Crippen molar-refractivity contribution in [3.8, 4) is 0 Å². The maximum atomic E-state index is 11.9. The van der Waals surface area contributed by atoms with E-state index in [1.807, 2.05) is 0 Å². The van der Waals surface area contributed by atoms with Gasteiger partial charge in [0.1, 0.15) is 5.76 Å².